The van der Waals surface area contributed by atoms with Crippen molar-refractivity contribution < 1.29 is 24.2 Å². The fourth-order valence-electron chi connectivity index (χ4n) is 1.60. The summed E-state index contributed by atoms with van der Waals surface area (Å²) in [7, 11) is 1.44. The van der Waals surface area contributed by atoms with E-state index in [1.54, 1.807) is 13.8 Å². The zero-order valence-electron chi connectivity index (χ0n) is 12.3. The smallest absolute Gasteiger partial charge is 0.341 e. The van der Waals surface area contributed by atoms with Gasteiger partial charge < -0.3 is 19.9 Å². The van der Waals surface area contributed by atoms with Gasteiger partial charge in [-0.25, -0.2) is 14.8 Å². The van der Waals surface area contributed by atoms with Crippen LogP contribution in [0.1, 0.15) is 29.4 Å². The Kier molecular flexibility index (Phi) is 6.54. The SMILES string of the molecule is CCOC(=O)c1cnc(NCC(CC(=O)O)OC)nc1C. The summed E-state index contributed by atoms with van der Waals surface area (Å²) in [5.74, 6) is -1.12. The molecule has 1 aromatic heterocycles. The van der Waals surface area contributed by atoms with Gasteiger partial charge in [0.05, 0.1) is 30.4 Å². The molecule has 0 aliphatic carbocycles. The van der Waals surface area contributed by atoms with Gasteiger partial charge in [0.25, 0.3) is 0 Å². The largest absolute Gasteiger partial charge is 0.481 e. The number of aliphatic carboxylic acids is 1. The number of hydrogen-bond acceptors (Lipinski definition) is 7. The molecule has 21 heavy (non-hydrogen) atoms. The Balaban J connectivity index is 2.67. The molecule has 0 saturated carbocycles. The van der Waals surface area contributed by atoms with Gasteiger partial charge in [-0.3, -0.25) is 4.79 Å². The number of nitrogens with one attached hydrogen (secondary N) is 1. The van der Waals surface area contributed by atoms with Gasteiger partial charge in [0.15, 0.2) is 0 Å². The van der Waals surface area contributed by atoms with Crippen LogP contribution in [0.3, 0.4) is 0 Å². The minimum atomic E-state index is -0.946. The van der Waals surface area contributed by atoms with E-state index in [1.807, 2.05) is 0 Å². The molecular formula is C13H19N3O5. The fraction of sp³-hybridized carbons (Fsp3) is 0.538. The lowest BCUT2D eigenvalue weighted by Gasteiger charge is -2.14. The van der Waals surface area contributed by atoms with Crippen molar-refractivity contribution in [3.63, 3.8) is 0 Å². The summed E-state index contributed by atoms with van der Waals surface area (Å²) in [6, 6.07) is 0. The van der Waals surface area contributed by atoms with E-state index in [1.165, 1.54) is 13.3 Å². The number of carbonyl (C=O) groups excluding carboxylic acids is 1. The summed E-state index contributed by atoms with van der Waals surface area (Å²) in [6.45, 7) is 3.92. The third-order valence-electron chi connectivity index (χ3n) is 2.70. The highest BCUT2D eigenvalue weighted by atomic mass is 16.5. The van der Waals surface area contributed by atoms with E-state index < -0.39 is 18.0 Å². The van der Waals surface area contributed by atoms with Crippen molar-refractivity contribution in [1.29, 1.82) is 0 Å². The second kappa shape index (κ2) is 8.15. The van der Waals surface area contributed by atoms with Crippen LogP contribution in [-0.2, 0) is 14.3 Å². The molecule has 0 fully saturated rings. The third-order valence-corrected chi connectivity index (χ3v) is 2.70. The lowest BCUT2D eigenvalue weighted by Crippen LogP contribution is -2.25. The highest BCUT2D eigenvalue weighted by Gasteiger charge is 2.15. The molecule has 8 nitrogen and oxygen atoms in total. The summed E-state index contributed by atoms with van der Waals surface area (Å²) < 4.78 is 9.92. The monoisotopic (exact) mass is 297 g/mol. The number of methoxy groups -OCH3 is 1. The maximum atomic E-state index is 11.6. The van der Waals surface area contributed by atoms with Gasteiger partial charge in [0.1, 0.15) is 0 Å². The normalized spacial score (nSPS) is 11.8. The summed E-state index contributed by atoms with van der Waals surface area (Å²) in [6.07, 6.45) is 0.765. The molecule has 1 heterocycles. The number of esters is 1. The van der Waals surface area contributed by atoms with Gasteiger partial charge >= 0.3 is 11.9 Å². The van der Waals surface area contributed by atoms with E-state index in [0.29, 0.717) is 17.2 Å². The number of hydrogen-bond donors (Lipinski definition) is 2. The number of anilines is 1. The zero-order valence-corrected chi connectivity index (χ0v) is 12.3. The second-order valence-corrected chi connectivity index (χ2v) is 4.25. The summed E-state index contributed by atoms with van der Waals surface area (Å²) >= 11 is 0. The van der Waals surface area contributed by atoms with Crippen LogP contribution in [-0.4, -0.2) is 53.4 Å². The predicted octanol–water partition coefficient (Wildman–Crippen LogP) is 0.863. The number of carboxylic acids is 1. The molecule has 1 unspecified atom stereocenters. The molecule has 0 saturated heterocycles. The van der Waals surface area contributed by atoms with E-state index in [9.17, 15) is 9.59 Å². The number of ether oxygens (including phenoxy) is 2. The first-order valence-corrected chi connectivity index (χ1v) is 6.47. The standard InChI is InChI=1S/C13H19N3O5/c1-4-21-12(19)10-7-15-13(16-8(10)2)14-6-9(20-3)5-11(17)18/h7,9H,4-6H2,1-3H3,(H,17,18)(H,14,15,16). The van der Waals surface area contributed by atoms with Gasteiger partial charge in [-0.15, -0.1) is 0 Å². The van der Waals surface area contributed by atoms with Crippen molar-refractivity contribution in [1.82, 2.24) is 9.97 Å². The quantitative estimate of drug-likeness (QED) is 0.680. The predicted molar refractivity (Wildman–Crippen MR) is 74.3 cm³/mol. The van der Waals surface area contributed by atoms with Crippen LogP contribution in [0.4, 0.5) is 5.95 Å². The minimum absolute atomic E-state index is 0.122. The maximum Gasteiger partial charge on any atom is 0.341 e. The van der Waals surface area contributed by atoms with Crippen molar-refractivity contribution in [2.24, 2.45) is 0 Å². The molecule has 8 heteroatoms. The molecule has 1 aromatic rings. The Morgan fingerprint density at radius 1 is 1.48 bits per heavy atom. The van der Waals surface area contributed by atoms with Gasteiger partial charge in [0.2, 0.25) is 5.95 Å². The Hall–Kier alpha value is -2.22. The summed E-state index contributed by atoms with van der Waals surface area (Å²) in [5, 5.41) is 11.6. The van der Waals surface area contributed by atoms with E-state index in [-0.39, 0.29) is 19.6 Å². The van der Waals surface area contributed by atoms with E-state index in [4.69, 9.17) is 14.6 Å². The molecule has 1 rings (SSSR count). The van der Waals surface area contributed by atoms with Crippen LogP contribution in [0.2, 0.25) is 0 Å². The maximum absolute atomic E-state index is 11.6. The van der Waals surface area contributed by atoms with Gasteiger partial charge in [-0.1, -0.05) is 0 Å². The molecule has 0 bridgehead atoms. The Labute approximate surface area is 122 Å². The van der Waals surface area contributed by atoms with Gasteiger partial charge in [-0.05, 0) is 13.8 Å². The van der Waals surface area contributed by atoms with Gasteiger partial charge in [0, 0.05) is 19.9 Å². The van der Waals surface area contributed by atoms with Crippen LogP contribution < -0.4 is 5.32 Å². The fourth-order valence-corrected chi connectivity index (χ4v) is 1.60. The van der Waals surface area contributed by atoms with Crippen LogP contribution in [0.15, 0.2) is 6.20 Å². The molecule has 0 amide bonds. The number of carboxylic acid groups (broad SMARTS) is 1. The minimum Gasteiger partial charge on any atom is -0.481 e. The summed E-state index contributed by atoms with van der Waals surface area (Å²) in [5.41, 5.74) is 0.786. The van der Waals surface area contributed by atoms with E-state index in [2.05, 4.69) is 15.3 Å². The number of carbonyl (C=O) groups is 2. The number of aromatic nitrogens is 2. The third kappa shape index (κ3) is 5.35. The molecule has 0 aromatic carbocycles. The molecule has 116 valence electrons. The molecule has 0 aliphatic rings. The molecule has 0 spiro atoms. The van der Waals surface area contributed by atoms with Crippen LogP contribution in [0, 0.1) is 6.92 Å². The molecule has 0 aliphatic heterocycles. The Bertz CT molecular complexity index is 507. The topological polar surface area (TPSA) is 111 Å². The Morgan fingerprint density at radius 2 is 2.19 bits per heavy atom. The van der Waals surface area contributed by atoms with Gasteiger partial charge in [-0.2, -0.15) is 0 Å². The average Bonchev–Trinajstić information content (AvgIpc) is 2.43. The average molecular weight is 297 g/mol. The first-order valence-electron chi connectivity index (χ1n) is 6.47. The second-order valence-electron chi connectivity index (χ2n) is 4.25. The lowest BCUT2D eigenvalue weighted by molar-refractivity contribution is -0.139. The van der Waals surface area contributed by atoms with Crippen LogP contribution in [0.25, 0.3) is 0 Å². The van der Waals surface area contributed by atoms with E-state index >= 15 is 0 Å². The molecule has 2 N–H and O–H groups in total. The molecular weight excluding hydrogens is 278 g/mol. The number of nitrogens with zero attached hydrogens (tertiary/aromatic N) is 2. The van der Waals surface area contributed by atoms with Crippen molar-refractivity contribution in [3.05, 3.63) is 17.5 Å². The molecule has 1 atom stereocenters. The van der Waals surface area contributed by atoms with Crippen LogP contribution in [0.5, 0.6) is 0 Å². The number of aryl methyl sites for hydroxylation is 1. The number of rotatable bonds is 8. The highest BCUT2D eigenvalue weighted by Crippen LogP contribution is 2.09. The van der Waals surface area contributed by atoms with Crippen LogP contribution >= 0.6 is 0 Å². The van der Waals surface area contributed by atoms with Crippen molar-refractivity contribution >= 4 is 17.9 Å². The zero-order chi connectivity index (χ0) is 15.8. The van der Waals surface area contributed by atoms with Crippen molar-refractivity contribution in [2.45, 2.75) is 26.4 Å². The molecule has 0 radical (unpaired) electrons. The Morgan fingerprint density at radius 3 is 2.71 bits per heavy atom. The summed E-state index contributed by atoms with van der Waals surface area (Å²) in [4.78, 5) is 30.4. The highest BCUT2D eigenvalue weighted by molar-refractivity contribution is 5.90. The first-order chi connectivity index (χ1) is 9.97. The lowest BCUT2D eigenvalue weighted by atomic mass is 10.2. The van der Waals surface area contributed by atoms with Crippen molar-refractivity contribution in [2.75, 3.05) is 25.6 Å². The van der Waals surface area contributed by atoms with E-state index in [0.717, 1.165) is 0 Å². The van der Waals surface area contributed by atoms with Crippen molar-refractivity contribution in [3.8, 4) is 0 Å². The first kappa shape index (κ1) is 16.8.